The van der Waals surface area contributed by atoms with Crippen LogP contribution in [-0.2, 0) is 0 Å². The van der Waals surface area contributed by atoms with Gasteiger partial charge in [-0.1, -0.05) is 44.2 Å². The Hall–Kier alpha value is -1.12. The van der Waals surface area contributed by atoms with Crippen LogP contribution in [0.5, 0.6) is 0 Å². The third-order valence-corrected chi connectivity index (χ3v) is 4.28. The van der Waals surface area contributed by atoms with E-state index in [4.69, 9.17) is 5.73 Å². The molecular formula is C15H19NS. The van der Waals surface area contributed by atoms with Crippen molar-refractivity contribution in [3.05, 3.63) is 57.8 Å². The fraction of sp³-hybridized carbons (Fsp3) is 0.333. The highest BCUT2D eigenvalue weighted by Crippen LogP contribution is 2.25. The van der Waals surface area contributed by atoms with Gasteiger partial charge in [-0.2, -0.15) is 0 Å². The molecule has 2 atom stereocenters. The molecule has 1 nitrogen and oxygen atoms in total. The van der Waals surface area contributed by atoms with Gasteiger partial charge in [0.25, 0.3) is 0 Å². The Bertz CT molecular complexity index is 444. The zero-order valence-electron chi connectivity index (χ0n) is 10.4. The monoisotopic (exact) mass is 245 g/mol. The predicted octanol–water partition coefficient (Wildman–Crippen LogP) is 4.31. The second kappa shape index (κ2) is 5.48. The summed E-state index contributed by atoms with van der Waals surface area (Å²) in [6.07, 6.45) is 1.18. The van der Waals surface area contributed by atoms with Crippen LogP contribution in [0, 0.1) is 0 Å². The average Bonchev–Trinajstić information content (AvgIpc) is 2.91. The number of hydrogen-bond donors (Lipinski definition) is 1. The molecule has 0 radical (unpaired) electrons. The van der Waals surface area contributed by atoms with Gasteiger partial charge in [0.1, 0.15) is 0 Å². The molecule has 0 bridgehead atoms. The van der Waals surface area contributed by atoms with Crippen LogP contribution in [0.25, 0.3) is 0 Å². The van der Waals surface area contributed by atoms with Crippen LogP contribution in [0.15, 0.2) is 41.8 Å². The normalized spacial score (nSPS) is 14.5. The first-order valence-electron chi connectivity index (χ1n) is 6.11. The van der Waals surface area contributed by atoms with Crippen molar-refractivity contribution in [2.24, 2.45) is 5.73 Å². The number of benzene rings is 1. The summed E-state index contributed by atoms with van der Waals surface area (Å²) in [7, 11) is 0. The van der Waals surface area contributed by atoms with E-state index >= 15 is 0 Å². The van der Waals surface area contributed by atoms with Crippen molar-refractivity contribution >= 4 is 11.3 Å². The number of hydrogen-bond acceptors (Lipinski definition) is 2. The molecule has 2 N–H and O–H groups in total. The summed E-state index contributed by atoms with van der Waals surface area (Å²) >= 11 is 1.72. The fourth-order valence-electron chi connectivity index (χ4n) is 1.90. The highest BCUT2D eigenvalue weighted by Gasteiger charge is 2.10. The summed E-state index contributed by atoms with van der Waals surface area (Å²) in [6.45, 7) is 4.48. The Kier molecular flexibility index (Phi) is 3.97. The van der Waals surface area contributed by atoms with E-state index < -0.39 is 0 Å². The minimum atomic E-state index is 0.0148. The summed E-state index contributed by atoms with van der Waals surface area (Å²) in [5, 5.41) is 2.07. The van der Waals surface area contributed by atoms with Crippen LogP contribution in [0.2, 0.25) is 0 Å². The van der Waals surface area contributed by atoms with E-state index in [-0.39, 0.29) is 6.04 Å². The van der Waals surface area contributed by atoms with Crippen molar-refractivity contribution in [3.63, 3.8) is 0 Å². The maximum Gasteiger partial charge on any atom is 0.0645 e. The van der Waals surface area contributed by atoms with Crippen LogP contribution in [0.1, 0.15) is 48.2 Å². The average molecular weight is 245 g/mol. The van der Waals surface area contributed by atoms with Crippen LogP contribution in [0.4, 0.5) is 0 Å². The topological polar surface area (TPSA) is 26.0 Å². The molecule has 0 aliphatic carbocycles. The molecule has 0 aliphatic rings. The maximum atomic E-state index is 6.23. The van der Waals surface area contributed by atoms with Gasteiger partial charge in [-0.3, -0.25) is 0 Å². The van der Waals surface area contributed by atoms with Gasteiger partial charge in [0.2, 0.25) is 0 Å². The van der Waals surface area contributed by atoms with E-state index in [2.05, 4.69) is 49.6 Å². The van der Waals surface area contributed by atoms with E-state index in [0.29, 0.717) is 5.92 Å². The molecule has 0 amide bonds. The van der Waals surface area contributed by atoms with Gasteiger partial charge in [0, 0.05) is 4.88 Å². The first-order valence-corrected chi connectivity index (χ1v) is 6.99. The number of rotatable bonds is 4. The van der Waals surface area contributed by atoms with Gasteiger partial charge in [0.15, 0.2) is 0 Å². The van der Waals surface area contributed by atoms with Crippen LogP contribution in [0.3, 0.4) is 0 Å². The molecule has 2 heteroatoms. The lowest BCUT2D eigenvalue weighted by Crippen LogP contribution is -2.10. The van der Waals surface area contributed by atoms with Gasteiger partial charge >= 0.3 is 0 Å². The molecule has 1 heterocycles. The Morgan fingerprint density at radius 2 is 1.76 bits per heavy atom. The van der Waals surface area contributed by atoms with Crippen molar-refractivity contribution in [3.8, 4) is 0 Å². The highest BCUT2D eigenvalue weighted by atomic mass is 32.1. The van der Waals surface area contributed by atoms with Crippen LogP contribution >= 0.6 is 11.3 Å². The van der Waals surface area contributed by atoms with E-state index in [9.17, 15) is 0 Å². The van der Waals surface area contributed by atoms with Crippen molar-refractivity contribution in [2.45, 2.75) is 32.2 Å². The zero-order chi connectivity index (χ0) is 12.3. The predicted molar refractivity (Wildman–Crippen MR) is 75.5 cm³/mol. The molecule has 0 aliphatic heterocycles. The van der Waals surface area contributed by atoms with E-state index in [1.54, 1.807) is 11.3 Å². The molecule has 90 valence electrons. The van der Waals surface area contributed by atoms with Gasteiger partial charge in [-0.25, -0.2) is 0 Å². The summed E-state index contributed by atoms with van der Waals surface area (Å²) < 4.78 is 0. The molecule has 0 saturated carbocycles. The molecular weight excluding hydrogens is 226 g/mol. The zero-order valence-corrected chi connectivity index (χ0v) is 11.2. The maximum absolute atomic E-state index is 6.23. The molecule has 0 unspecified atom stereocenters. The molecule has 0 spiro atoms. The Morgan fingerprint density at radius 1 is 1.12 bits per heavy atom. The van der Waals surface area contributed by atoms with Gasteiger partial charge in [-0.15, -0.1) is 11.3 Å². The molecule has 2 rings (SSSR count). The van der Waals surface area contributed by atoms with Crippen molar-refractivity contribution in [1.82, 2.24) is 0 Å². The third-order valence-electron chi connectivity index (χ3n) is 3.33. The number of thiophene rings is 1. The highest BCUT2D eigenvalue weighted by molar-refractivity contribution is 7.10. The molecule has 2 aromatic rings. The van der Waals surface area contributed by atoms with Gasteiger partial charge in [0.05, 0.1) is 6.04 Å². The summed E-state index contributed by atoms with van der Waals surface area (Å²) in [4.78, 5) is 1.22. The number of nitrogens with two attached hydrogens (primary N) is 1. The van der Waals surface area contributed by atoms with E-state index in [1.165, 1.54) is 22.4 Å². The second-order valence-corrected chi connectivity index (χ2v) is 5.45. The van der Waals surface area contributed by atoms with Crippen molar-refractivity contribution < 1.29 is 0 Å². The Morgan fingerprint density at radius 3 is 2.29 bits per heavy atom. The second-order valence-electron chi connectivity index (χ2n) is 4.47. The first-order chi connectivity index (χ1) is 8.22. The van der Waals surface area contributed by atoms with Crippen LogP contribution < -0.4 is 5.73 Å². The summed E-state index contributed by atoms with van der Waals surface area (Å²) in [6, 6.07) is 12.9. The van der Waals surface area contributed by atoms with Gasteiger partial charge in [-0.05, 0) is 34.9 Å². The standard InChI is InChI=1S/C15H19NS/c1-3-11(2)12-6-8-13(9-7-12)15(16)14-5-4-10-17-14/h4-11,15H,3,16H2,1-2H3/t11-,15-/m1/s1. The Balaban J connectivity index is 2.18. The molecule has 1 aromatic heterocycles. The fourth-order valence-corrected chi connectivity index (χ4v) is 2.65. The molecule has 0 saturated heterocycles. The molecule has 0 fully saturated rings. The van der Waals surface area contributed by atoms with E-state index in [0.717, 1.165) is 0 Å². The molecule has 1 aromatic carbocycles. The smallest absolute Gasteiger partial charge is 0.0645 e. The summed E-state index contributed by atoms with van der Waals surface area (Å²) in [5.41, 5.74) is 8.82. The first kappa shape index (κ1) is 12.3. The SMILES string of the molecule is CC[C@@H](C)c1ccc([C@@H](N)c2cccs2)cc1. The minimum Gasteiger partial charge on any atom is -0.320 e. The van der Waals surface area contributed by atoms with Gasteiger partial charge < -0.3 is 5.73 Å². The third kappa shape index (κ3) is 2.76. The largest absolute Gasteiger partial charge is 0.320 e. The lowest BCUT2D eigenvalue weighted by molar-refractivity contribution is 0.732. The van der Waals surface area contributed by atoms with Crippen LogP contribution in [-0.4, -0.2) is 0 Å². The lowest BCUT2D eigenvalue weighted by Gasteiger charge is -2.13. The molecule has 17 heavy (non-hydrogen) atoms. The lowest BCUT2D eigenvalue weighted by atomic mass is 9.96. The van der Waals surface area contributed by atoms with Crippen molar-refractivity contribution in [2.75, 3.05) is 0 Å². The van der Waals surface area contributed by atoms with Crippen molar-refractivity contribution in [1.29, 1.82) is 0 Å². The van der Waals surface area contributed by atoms with E-state index in [1.807, 2.05) is 6.07 Å². The Labute approximate surface area is 107 Å². The quantitative estimate of drug-likeness (QED) is 0.853. The summed E-state index contributed by atoms with van der Waals surface area (Å²) in [5.74, 6) is 0.627. The minimum absolute atomic E-state index is 0.0148.